The van der Waals surface area contributed by atoms with Gasteiger partial charge in [0.1, 0.15) is 17.9 Å². The maximum atomic E-state index is 5.12. The summed E-state index contributed by atoms with van der Waals surface area (Å²) in [5.74, 6) is 1.82. The summed E-state index contributed by atoms with van der Waals surface area (Å²) in [6, 6.07) is 5.94. The third-order valence-corrected chi connectivity index (χ3v) is 3.91. The number of hydrogen-bond acceptors (Lipinski definition) is 7. The Morgan fingerprint density at radius 1 is 1.18 bits per heavy atom. The number of fused-ring (bicyclic) bond motifs is 1. The minimum atomic E-state index is 0.767. The summed E-state index contributed by atoms with van der Waals surface area (Å²) in [6.07, 6.45) is 1.63. The Labute approximate surface area is 127 Å². The Balaban J connectivity index is 1.40. The molecule has 8 heteroatoms. The molecule has 1 fully saturated rings. The standard InChI is InChI=1S/C14H17N7O/c1-11-8-12(18-22-11)9-19-4-6-20(7-5-19)14-3-2-13-16-15-10-21(13)17-14/h2-3,8,10H,4-7,9H2,1H3. The lowest BCUT2D eigenvalue weighted by molar-refractivity contribution is 0.241. The molecule has 0 spiro atoms. The van der Waals surface area contributed by atoms with E-state index < -0.39 is 0 Å². The van der Waals surface area contributed by atoms with Crippen molar-refractivity contribution in [2.75, 3.05) is 31.1 Å². The van der Waals surface area contributed by atoms with Crippen molar-refractivity contribution in [2.45, 2.75) is 13.5 Å². The van der Waals surface area contributed by atoms with Gasteiger partial charge in [-0.25, -0.2) is 0 Å². The van der Waals surface area contributed by atoms with Crippen LogP contribution in [-0.2, 0) is 6.54 Å². The van der Waals surface area contributed by atoms with Crippen LogP contribution in [0.4, 0.5) is 5.82 Å². The number of anilines is 1. The van der Waals surface area contributed by atoms with Crippen molar-refractivity contribution in [2.24, 2.45) is 0 Å². The summed E-state index contributed by atoms with van der Waals surface area (Å²) in [7, 11) is 0. The summed E-state index contributed by atoms with van der Waals surface area (Å²) in [5.41, 5.74) is 1.76. The molecule has 0 aromatic carbocycles. The van der Waals surface area contributed by atoms with Crippen LogP contribution >= 0.6 is 0 Å². The predicted molar refractivity (Wildman–Crippen MR) is 79.5 cm³/mol. The number of aryl methyl sites for hydroxylation is 1. The Morgan fingerprint density at radius 3 is 2.82 bits per heavy atom. The van der Waals surface area contributed by atoms with Crippen molar-refractivity contribution >= 4 is 11.5 Å². The van der Waals surface area contributed by atoms with E-state index >= 15 is 0 Å². The molecule has 114 valence electrons. The summed E-state index contributed by atoms with van der Waals surface area (Å²) in [4.78, 5) is 4.66. The fourth-order valence-corrected chi connectivity index (χ4v) is 2.74. The van der Waals surface area contributed by atoms with E-state index in [0.29, 0.717) is 0 Å². The molecular weight excluding hydrogens is 282 g/mol. The number of rotatable bonds is 3. The first kappa shape index (κ1) is 13.2. The van der Waals surface area contributed by atoms with E-state index in [-0.39, 0.29) is 0 Å². The Morgan fingerprint density at radius 2 is 2.05 bits per heavy atom. The zero-order chi connectivity index (χ0) is 14.9. The first-order chi connectivity index (χ1) is 10.8. The van der Waals surface area contributed by atoms with E-state index in [1.807, 2.05) is 25.1 Å². The molecule has 1 saturated heterocycles. The van der Waals surface area contributed by atoms with E-state index in [9.17, 15) is 0 Å². The van der Waals surface area contributed by atoms with Gasteiger partial charge in [0.2, 0.25) is 0 Å². The average molecular weight is 299 g/mol. The highest BCUT2D eigenvalue weighted by Crippen LogP contribution is 2.15. The molecule has 0 saturated carbocycles. The molecule has 3 aromatic rings. The molecule has 0 aliphatic carbocycles. The van der Waals surface area contributed by atoms with Crippen molar-refractivity contribution in [3.8, 4) is 0 Å². The highest BCUT2D eigenvalue weighted by molar-refractivity contribution is 5.45. The SMILES string of the molecule is Cc1cc(CN2CCN(c3ccc4nncn4n3)CC2)no1. The molecule has 4 heterocycles. The minimum Gasteiger partial charge on any atom is -0.361 e. The van der Waals surface area contributed by atoms with Gasteiger partial charge in [-0.3, -0.25) is 4.90 Å². The van der Waals surface area contributed by atoms with E-state index in [4.69, 9.17) is 4.52 Å². The molecule has 1 aliphatic rings. The molecule has 0 N–H and O–H groups in total. The number of hydrogen-bond donors (Lipinski definition) is 0. The summed E-state index contributed by atoms with van der Waals surface area (Å²) >= 11 is 0. The Bertz CT molecular complexity index is 772. The van der Waals surface area contributed by atoms with Gasteiger partial charge in [-0.15, -0.1) is 15.3 Å². The van der Waals surface area contributed by atoms with Gasteiger partial charge >= 0.3 is 0 Å². The minimum absolute atomic E-state index is 0.767. The first-order valence-electron chi connectivity index (χ1n) is 7.34. The molecule has 22 heavy (non-hydrogen) atoms. The van der Waals surface area contributed by atoms with E-state index in [1.54, 1.807) is 10.8 Å². The number of aromatic nitrogens is 5. The van der Waals surface area contributed by atoms with Gasteiger partial charge in [-0.1, -0.05) is 5.16 Å². The fraction of sp³-hybridized carbons (Fsp3) is 0.429. The molecule has 4 rings (SSSR count). The molecule has 3 aromatic heterocycles. The average Bonchev–Trinajstić information content (AvgIpc) is 3.16. The van der Waals surface area contributed by atoms with Gasteiger partial charge in [0.15, 0.2) is 5.65 Å². The largest absolute Gasteiger partial charge is 0.361 e. The molecule has 0 atom stereocenters. The van der Waals surface area contributed by atoms with Crippen LogP contribution in [0, 0.1) is 6.92 Å². The smallest absolute Gasteiger partial charge is 0.177 e. The second kappa shape index (κ2) is 5.38. The van der Waals surface area contributed by atoms with Gasteiger partial charge < -0.3 is 9.42 Å². The zero-order valence-electron chi connectivity index (χ0n) is 12.4. The summed E-state index contributed by atoms with van der Waals surface area (Å²) in [6.45, 7) is 6.60. The van der Waals surface area contributed by atoms with Gasteiger partial charge in [0.25, 0.3) is 0 Å². The van der Waals surface area contributed by atoms with E-state index in [0.717, 1.165) is 55.6 Å². The lowest BCUT2D eigenvalue weighted by atomic mass is 10.2. The van der Waals surface area contributed by atoms with E-state index in [2.05, 4.69) is 30.3 Å². The van der Waals surface area contributed by atoms with Crippen molar-refractivity contribution in [1.82, 2.24) is 29.9 Å². The van der Waals surface area contributed by atoms with Crippen LogP contribution in [-0.4, -0.2) is 56.0 Å². The second-order valence-corrected chi connectivity index (χ2v) is 5.52. The van der Waals surface area contributed by atoms with Crippen LogP contribution in [0.5, 0.6) is 0 Å². The van der Waals surface area contributed by atoms with Crippen molar-refractivity contribution in [1.29, 1.82) is 0 Å². The topological polar surface area (TPSA) is 75.6 Å². The van der Waals surface area contributed by atoms with Crippen LogP contribution in [0.15, 0.2) is 29.0 Å². The third kappa shape index (κ3) is 2.52. The number of piperazine rings is 1. The predicted octanol–water partition coefficient (Wildman–Crippen LogP) is 0.743. The quantitative estimate of drug-likeness (QED) is 0.706. The summed E-state index contributed by atoms with van der Waals surface area (Å²) in [5, 5.41) is 16.4. The van der Waals surface area contributed by atoms with Gasteiger partial charge in [-0.05, 0) is 19.1 Å². The van der Waals surface area contributed by atoms with Crippen LogP contribution < -0.4 is 4.90 Å². The van der Waals surface area contributed by atoms with Crippen molar-refractivity contribution < 1.29 is 4.52 Å². The molecule has 0 bridgehead atoms. The maximum absolute atomic E-state index is 5.12. The van der Waals surface area contributed by atoms with Crippen LogP contribution in [0.1, 0.15) is 11.5 Å². The highest BCUT2D eigenvalue weighted by atomic mass is 16.5. The first-order valence-corrected chi connectivity index (χ1v) is 7.34. The van der Waals surface area contributed by atoms with Crippen LogP contribution in [0.3, 0.4) is 0 Å². The lowest BCUT2D eigenvalue weighted by Crippen LogP contribution is -2.46. The second-order valence-electron chi connectivity index (χ2n) is 5.52. The van der Waals surface area contributed by atoms with Crippen molar-refractivity contribution in [3.63, 3.8) is 0 Å². The zero-order valence-corrected chi connectivity index (χ0v) is 12.4. The molecule has 0 radical (unpaired) electrons. The van der Waals surface area contributed by atoms with Gasteiger partial charge in [0.05, 0.1) is 5.69 Å². The van der Waals surface area contributed by atoms with Gasteiger partial charge in [0, 0.05) is 38.8 Å². The molecule has 1 aliphatic heterocycles. The summed E-state index contributed by atoms with van der Waals surface area (Å²) < 4.78 is 6.83. The normalized spacial score (nSPS) is 16.5. The molecular formula is C14H17N7O. The Kier molecular flexibility index (Phi) is 3.23. The molecule has 0 amide bonds. The van der Waals surface area contributed by atoms with Gasteiger partial charge in [-0.2, -0.15) is 4.52 Å². The fourth-order valence-electron chi connectivity index (χ4n) is 2.74. The number of nitrogens with zero attached hydrogens (tertiary/aromatic N) is 7. The third-order valence-electron chi connectivity index (χ3n) is 3.91. The van der Waals surface area contributed by atoms with Crippen LogP contribution in [0.2, 0.25) is 0 Å². The van der Waals surface area contributed by atoms with Crippen LogP contribution in [0.25, 0.3) is 5.65 Å². The molecule has 8 nitrogen and oxygen atoms in total. The monoisotopic (exact) mass is 299 g/mol. The highest BCUT2D eigenvalue weighted by Gasteiger charge is 2.19. The van der Waals surface area contributed by atoms with Crippen molar-refractivity contribution in [3.05, 3.63) is 36.0 Å². The molecule has 0 unspecified atom stereocenters. The lowest BCUT2D eigenvalue weighted by Gasteiger charge is -2.34. The Hall–Kier alpha value is -2.48. The van der Waals surface area contributed by atoms with E-state index in [1.165, 1.54) is 0 Å². The maximum Gasteiger partial charge on any atom is 0.177 e.